The molecular formula is C13H11F3N2O. The van der Waals surface area contributed by atoms with Gasteiger partial charge in [0.1, 0.15) is 11.6 Å². The van der Waals surface area contributed by atoms with Crippen molar-refractivity contribution in [3.05, 3.63) is 42.0 Å². The summed E-state index contributed by atoms with van der Waals surface area (Å²) in [5.74, 6) is 0.364. The number of ether oxygens (including phenoxy) is 1. The van der Waals surface area contributed by atoms with Gasteiger partial charge in [0.15, 0.2) is 0 Å². The summed E-state index contributed by atoms with van der Waals surface area (Å²) in [5, 5.41) is 0. The third-order valence-electron chi connectivity index (χ3n) is 2.54. The fraction of sp³-hybridized carbons (Fsp3) is 0.154. The summed E-state index contributed by atoms with van der Waals surface area (Å²) in [6.45, 7) is 0. The highest BCUT2D eigenvalue weighted by atomic mass is 19.4. The predicted octanol–water partition coefficient (Wildman–Crippen LogP) is 3.36. The van der Waals surface area contributed by atoms with Gasteiger partial charge in [-0.2, -0.15) is 13.2 Å². The molecule has 19 heavy (non-hydrogen) atoms. The minimum atomic E-state index is -4.45. The smallest absolute Gasteiger partial charge is 0.416 e. The molecule has 0 amide bonds. The molecule has 0 saturated carbocycles. The summed E-state index contributed by atoms with van der Waals surface area (Å²) in [6, 6.07) is 8.38. The lowest BCUT2D eigenvalue weighted by Crippen LogP contribution is -2.07. The molecule has 2 N–H and O–H groups in total. The molecule has 1 aromatic heterocycles. The highest BCUT2D eigenvalue weighted by molar-refractivity contribution is 5.64. The van der Waals surface area contributed by atoms with E-state index in [2.05, 4.69) is 4.98 Å². The van der Waals surface area contributed by atoms with E-state index in [0.29, 0.717) is 11.3 Å². The van der Waals surface area contributed by atoms with Gasteiger partial charge >= 0.3 is 6.18 Å². The Labute approximate surface area is 107 Å². The van der Waals surface area contributed by atoms with Crippen LogP contribution in [-0.4, -0.2) is 12.1 Å². The van der Waals surface area contributed by atoms with Crippen molar-refractivity contribution >= 4 is 5.82 Å². The number of benzene rings is 1. The van der Waals surface area contributed by atoms with E-state index in [1.54, 1.807) is 24.3 Å². The second-order valence-electron chi connectivity index (χ2n) is 3.90. The van der Waals surface area contributed by atoms with E-state index in [-0.39, 0.29) is 11.5 Å². The molecule has 0 aliphatic rings. The second-order valence-corrected chi connectivity index (χ2v) is 3.90. The molecule has 0 spiro atoms. The van der Waals surface area contributed by atoms with Crippen molar-refractivity contribution in [2.75, 3.05) is 12.8 Å². The summed E-state index contributed by atoms with van der Waals surface area (Å²) in [5.41, 5.74) is 5.27. The average molecular weight is 268 g/mol. The van der Waals surface area contributed by atoms with Crippen molar-refractivity contribution < 1.29 is 17.9 Å². The predicted molar refractivity (Wildman–Crippen MR) is 65.6 cm³/mol. The Morgan fingerprint density at radius 3 is 2.53 bits per heavy atom. The molecule has 0 fully saturated rings. The molecule has 2 rings (SSSR count). The molecule has 0 unspecified atom stereocenters. The van der Waals surface area contributed by atoms with Crippen LogP contribution in [0.4, 0.5) is 19.0 Å². The van der Waals surface area contributed by atoms with Crippen LogP contribution in [0.5, 0.6) is 5.75 Å². The number of nitrogens with zero attached hydrogens (tertiary/aromatic N) is 1. The summed E-state index contributed by atoms with van der Waals surface area (Å²) in [6.07, 6.45) is -4.45. The molecule has 0 atom stereocenters. The lowest BCUT2D eigenvalue weighted by molar-refractivity contribution is -0.137. The Bertz CT molecular complexity index is 597. The average Bonchev–Trinajstić information content (AvgIpc) is 2.37. The van der Waals surface area contributed by atoms with E-state index in [1.165, 1.54) is 7.11 Å². The topological polar surface area (TPSA) is 48.1 Å². The molecule has 100 valence electrons. The van der Waals surface area contributed by atoms with Crippen LogP contribution in [0, 0.1) is 0 Å². The fourth-order valence-electron chi connectivity index (χ4n) is 1.65. The van der Waals surface area contributed by atoms with Crippen LogP contribution in [0.15, 0.2) is 36.4 Å². The van der Waals surface area contributed by atoms with E-state index in [4.69, 9.17) is 10.5 Å². The van der Waals surface area contributed by atoms with Crippen LogP contribution >= 0.6 is 0 Å². The van der Waals surface area contributed by atoms with E-state index < -0.39 is 11.7 Å². The maximum atomic E-state index is 12.7. The molecular weight excluding hydrogens is 257 g/mol. The first-order valence-corrected chi connectivity index (χ1v) is 5.39. The van der Waals surface area contributed by atoms with Crippen LogP contribution in [0.25, 0.3) is 11.3 Å². The highest BCUT2D eigenvalue weighted by Gasteiger charge is 2.31. The van der Waals surface area contributed by atoms with Gasteiger partial charge in [-0.15, -0.1) is 0 Å². The first-order chi connectivity index (χ1) is 8.90. The zero-order valence-electron chi connectivity index (χ0n) is 10.0. The molecule has 0 aliphatic heterocycles. The fourth-order valence-corrected chi connectivity index (χ4v) is 1.65. The molecule has 1 aromatic carbocycles. The number of hydrogen-bond acceptors (Lipinski definition) is 3. The van der Waals surface area contributed by atoms with E-state index in [9.17, 15) is 13.2 Å². The van der Waals surface area contributed by atoms with E-state index >= 15 is 0 Å². The number of rotatable bonds is 2. The second kappa shape index (κ2) is 4.79. The normalized spacial score (nSPS) is 11.4. The number of anilines is 1. The SMILES string of the molecule is COc1cccc(-c2cc(C(F)(F)F)cc(N)n2)c1. The van der Waals surface area contributed by atoms with E-state index in [0.717, 1.165) is 12.1 Å². The van der Waals surface area contributed by atoms with Crippen LogP contribution in [-0.2, 0) is 6.18 Å². The Hall–Kier alpha value is -2.24. The zero-order valence-corrected chi connectivity index (χ0v) is 10.0. The monoisotopic (exact) mass is 268 g/mol. The van der Waals surface area contributed by atoms with Crippen molar-refractivity contribution in [2.24, 2.45) is 0 Å². The van der Waals surface area contributed by atoms with Crippen LogP contribution in [0.2, 0.25) is 0 Å². The minimum absolute atomic E-state index is 0.159. The minimum Gasteiger partial charge on any atom is -0.497 e. The summed E-state index contributed by atoms with van der Waals surface area (Å²) in [4.78, 5) is 3.92. The van der Waals surface area contributed by atoms with Crippen molar-refractivity contribution in [3.63, 3.8) is 0 Å². The van der Waals surface area contributed by atoms with Gasteiger partial charge in [0, 0.05) is 5.56 Å². The van der Waals surface area contributed by atoms with Crippen molar-refractivity contribution in [3.8, 4) is 17.0 Å². The Balaban J connectivity index is 2.53. The zero-order chi connectivity index (χ0) is 14.0. The van der Waals surface area contributed by atoms with Gasteiger partial charge in [0.2, 0.25) is 0 Å². The number of pyridine rings is 1. The Morgan fingerprint density at radius 2 is 1.89 bits per heavy atom. The van der Waals surface area contributed by atoms with Crippen molar-refractivity contribution in [1.82, 2.24) is 4.98 Å². The van der Waals surface area contributed by atoms with Gasteiger partial charge in [-0.1, -0.05) is 12.1 Å². The number of methoxy groups -OCH3 is 1. The maximum Gasteiger partial charge on any atom is 0.416 e. The first kappa shape index (κ1) is 13.2. The van der Waals surface area contributed by atoms with Crippen molar-refractivity contribution in [2.45, 2.75) is 6.18 Å². The highest BCUT2D eigenvalue weighted by Crippen LogP contribution is 2.33. The summed E-state index contributed by atoms with van der Waals surface area (Å²) >= 11 is 0. The third kappa shape index (κ3) is 2.96. The number of hydrogen-bond donors (Lipinski definition) is 1. The first-order valence-electron chi connectivity index (χ1n) is 5.39. The van der Waals surface area contributed by atoms with Gasteiger partial charge < -0.3 is 10.5 Å². The lowest BCUT2D eigenvalue weighted by Gasteiger charge is -2.10. The molecule has 0 aliphatic carbocycles. The third-order valence-corrected chi connectivity index (χ3v) is 2.54. The molecule has 1 heterocycles. The van der Waals surface area contributed by atoms with Gasteiger partial charge in [-0.25, -0.2) is 4.98 Å². The van der Waals surface area contributed by atoms with Gasteiger partial charge in [-0.3, -0.25) is 0 Å². The van der Waals surface area contributed by atoms with Crippen LogP contribution in [0.3, 0.4) is 0 Å². The Morgan fingerprint density at radius 1 is 1.16 bits per heavy atom. The quantitative estimate of drug-likeness (QED) is 0.908. The van der Waals surface area contributed by atoms with E-state index in [1.807, 2.05) is 0 Å². The number of halogens is 3. The summed E-state index contributed by atoms with van der Waals surface area (Å²) in [7, 11) is 1.48. The number of aromatic nitrogens is 1. The molecule has 0 bridgehead atoms. The maximum absolute atomic E-state index is 12.7. The molecule has 6 heteroatoms. The lowest BCUT2D eigenvalue weighted by atomic mass is 10.1. The molecule has 3 nitrogen and oxygen atoms in total. The van der Waals surface area contributed by atoms with Gasteiger partial charge in [0.05, 0.1) is 18.4 Å². The standard InChI is InChI=1S/C13H11F3N2O/c1-19-10-4-2-3-8(5-10)11-6-9(13(14,15)16)7-12(17)18-11/h2-7H,1H3,(H2,17,18). The van der Waals surface area contributed by atoms with Gasteiger partial charge in [-0.05, 0) is 24.3 Å². The van der Waals surface area contributed by atoms with Crippen LogP contribution < -0.4 is 10.5 Å². The van der Waals surface area contributed by atoms with Crippen LogP contribution in [0.1, 0.15) is 5.56 Å². The number of nitrogen functional groups attached to an aromatic ring is 1. The summed E-state index contributed by atoms with van der Waals surface area (Å²) < 4.78 is 43.1. The molecule has 2 aromatic rings. The molecule has 0 radical (unpaired) electrons. The molecule has 0 saturated heterocycles. The number of alkyl halides is 3. The number of nitrogens with two attached hydrogens (primary N) is 1. The largest absolute Gasteiger partial charge is 0.497 e. The van der Waals surface area contributed by atoms with Gasteiger partial charge in [0.25, 0.3) is 0 Å². The Kier molecular flexibility index (Phi) is 3.33. The van der Waals surface area contributed by atoms with Crippen molar-refractivity contribution in [1.29, 1.82) is 0 Å².